The fourth-order valence-corrected chi connectivity index (χ4v) is 2.58. The topological polar surface area (TPSA) is 76.8 Å². The molecule has 0 saturated heterocycles. The van der Waals surface area contributed by atoms with Crippen molar-refractivity contribution in [1.82, 2.24) is 14.5 Å². The van der Waals surface area contributed by atoms with Crippen molar-refractivity contribution in [3.63, 3.8) is 0 Å². The molecule has 0 spiro atoms. The Balaban J connectivity index is 2.02. The zero-order valence-electron chi connectivity index (χ0n) is 15.7. The summed E-state index contributed by atoms with van der Waals surface area (Å²) >= 11 is 0. The Morgan fingerprint density at radius 2 is 1.93 bits per heavy atom. The van der Waals surface area contributed by atoms with Crippen molar-refractivity contribution in [2.75, 3.05) is 27.3 Å². The van der Waals surface area contributed by atoms with Gasteiger partial charge in [-0.2, -0.15) is 13.2 Å². The Labute approximate surface area is 160 Å². The van der Waals surface area contributed by atoms with Crippen LogP contribution in [0.25, 0.3) is 0 Å². The van der Waals surface area contributed by atoms with Crippen molar-refractivity contribution >= 4 is 5.91 Å². The summed E-state index contributed by atoms with van der Waals surface area (Å²) in [6.07, 6.45) is -3.87. The van der Waals surface area contributed by atoms with E-state index in [9.17, 15) is 23.1 Å². The van der Waals surface area contributed by atoms with Gasteiger partial charge < -0.3 is 24.0 Å². The second-order valence-electron chi connectivity index (χ2n) is 6.21. The first-order valence-corrected chi connectivity index (χ1v) is 8.37. The number of nitrogens with zero attached hydrogens (tertiary/aromatic N) is 3. The predicted octanol–water partition coefficient (Wildman–Crippen LogP) is 2.11. The molecule has 10 heteroatoms. The van der Waals surface area contributed by atoms with E-state index in [1.54, 1.807) is 24.3 Å². The van der Waals surface area contributed by atoms with Crippen molar-refractivity contribution in [3.8, 4) is 11.5 Å². The number of likely N-dealkylation sites (N-methyl/N-ethyl adjacent to an activating group) is 1. The summed E-state index contributed by atoms with van der Waals surface area (Å²) in [5.41, 5.74) is -3.39. The van der Waals surface area contributed by atoms with Gasteiger partial charge in [-0.1, -0.05) is 12.1 Å². The van der Waals surface area contributed by atoms with Crippen LogP contribution in [0.3, 0.4) is 0 Å². The molecule has 0 radical (unpaired) electrons. The molecule has 1 amide bonds. The average molecular weight is 401 g/mol. The number of aromatic nitrogens is 2. The van der Waals surface area contributed by atoms with Crippen molar-refractivity contribution < 1.29 is 32.5 Å². The summed E-state index contributed by atoms with van der Waals surface area (Å²) in [5, 5.41) is 10.3. The quantitative estimate of drug-likeness (QED) is 0.733. The summed E-state index contributed by atoms with van der Waals surface area (Å²) in [6.45, 7) is 0.0564. The number of carbonyl (C=O) groups excluding carboxylic acids is 1. The van der Waals surface area contributed by atoms with Crippen LogP contribution in [0.5, 0.6) is 11.5 Å². The lowest BCUT2D eigenvalue weighted by molar-refractivity contribution is -0.271. The molecule has 0 saturated carbocycles. The molecule has 0 aliphatic carbocycles. The third kappa shape index (κ3) is 4.56. The van der Waals surface area contributed by atoms with Gasteiger partial charge >= 0.3 is 6.18 Å². The number of para-hydroxylation sites is 2. The first-order chi connectivity index (χ1) is 13.1. The summed E-state index contributed by atoms with van der Waals surface area (Å²) < 4.78 is 52.2. The van der Waals surface area contributed by atoms with E-state index < -0.39 is 29.9 Å². The number of benzene rings is 1. The van der Waals surface area contributed by atoms with Gasteiger partial charge in [0.05, 0.1) is 20.1 Å². The molecule has 2 aromatic rings. The van der Waals surface area contributed by atoms with Gasteiger partial charge in [0.2, 0.25) is 11.5 Å². The SMILES string of the molecule is COc1ccccc1OCCN(C)C(=O)CC(O)(c1nccn1C)C(F)(F)F. The van der Waals surface area contributed by atoms with Crippen LogP contribution in [0.1, 0.15) is 12.2 Å². The number of carbonyl (C=O) groups is 1. The Kier molecular flexibility index (Phi) is 6.55. The maximum atomic E-state index is 13.5. The summed E-state index contributed by atoms with van der Waals surface area (Å²) in [5.74, 6) is -0.596. The van der Waals surface area contributed by atoms with Crippen molar-refractivity contribution in [3.05, 3.63) is 42.5 Å². The highest BCUT2D eigenvalue weighted by atomic mass is 19.4. The van der Waals surface area contributed by atoms with E-state index in [0.29, 0.717) is 11.5 Å². The predicted molar refractivity (Wildman–Crippen MR) is 93.9 cm³/mol. The Bertz CT molecular complexity index is 809. The zero-order valence-corrected chi connectivity index (χ0v) is 15.7. The molecule has 0 bridgehead atoms. The molecule has 1 atom stereocenters. The van der Waals surface area contributed by atoms with Crippen LogP contribution in [0.4, 0.5) is 13.2 Å². The Morgan fingerprint density at radius 3 is 2.46 bits per heavy atom. The highest BCUT2D eigenvalue weighted by Gasteiger charge is 2.58. The van der Waals surface area contributed by atoms with Gasteiger partial charge in [-0.15, -0.1) is 0 Å². The number of amides is 1. The van der Waals surface area contributed by atoms with Gasteiger partial charge in [0, 0.05) is 26.5 Å². The van der Waals surface area contributed by atoms with Crippen LogP contribution >= 0.6 is 0 Å². The Morgan fingerprint density at radius 1 is 1.29 bits per heavy atom. The minimum Gasteiger partial charge on any atom is -0.493 e. The average Bonchev–Trinajstić information content (AvgIpc) is 3.07. The second-order valence-corrected chi connectivity index (χ2v) is 6.21. The number of halogens is 3. The van der Waals surface area contributed by atoms with Gasteiger partial charge in [-0.05, 0) is 12.1 Å². The number of hydrogen-bond donors (Lipinski definition) is 1. The van der Waals surface area contributed by atoms with Crippen LogP contribution in [0.2, 0.25) is 0 Å². The number of hydrogen-bond acceptors (Lipinski definition) is 5. The molecule has 0 fully saturated rings. The van der Waals surface area contributed by atoms with Crippen LogP contribution in [0, 0.1) is 0 Å². The molecule has 0 aliphatic heterocycles. The van der Waals surface area contributed by atoms with Crippen LogP contribution in [-0.4, -0.2) is 59.0 Å². The third-order valence-corrected chi connectivity index (χ3v) is 4.25. The highest BCUT2D eigenvalue weighted by Crippen LogP contribution is 2.41. The van der Waals surface area contributed by atoms with Gasteiger partial charge in [0.1, 0.15) is 6.61 Å². The van der Waals surface area contributed by atoms with E-state index in [2.05, 4.69) is 4.98 Å². The number of imidazole rings is 1. The number of alkyl halides is 3. The van der Waals surface area contributed by atoms with Crippen molar-refractivity contribution in [2.45, 2.75) is 18.2 Å². The molecular formula is C18H22F3N3O4. The number of rotatable bonds is 8. The lowest BCUT2D eigenvalue weighted by atomic mass is 9.97. The summed E-state index contributed by atoms with van der Waals surface area (Å²) in [6, 6.07) is 6.87. The monoisotopic (exact) mass is 401 g/mol. The fraction of sp³-hybridized carbons (Fsp3) is 0.444. The normalized spacial score (nSPS) is 13.7. The molecule has 1 aromatic heterocycles. The molecule has 2 rings (SSSR count). The standard InChI is InChI=1S/C18H22F3N3O4/c1-23(10-11-28-14-7-5-4-6-13(14)27-3)15(25)12-17(26,18(19,20)21)16-22-8-9-24(16)2/h4-9,26H,10-12H2,1-3H3. The summed E-state index contributed by atoms with van der Waals surface area (Å²) in [7, 11) is 4.13. The largest absolute Gasteiger partial charge is 0.493 e. The van der Waals surface area contributed by atoms with Crippen LogP contribution in [0.15, 0.2) is 36.7 Å². The maximum absolute atomic E-state index is 13.5. The number of aliphatic hydroxyl groups is 1. The highest BCUT2D eigenvalue weighted by molar-refractivity contribution is 5.77. The molecule has 0 aliphatic rings. The van der Waals surface area contributed by atoms with E-state index in [4.69, 9.17) is 9.47 Å². The van der Waals surface area contributed by atoms with E-state index >= 15 is 0 Å². The van der Waals surface area contributed by atoms with Crippen molar-refractivity contribution in [1.29, 1.82) is 0 Å². The molecule has 154 valence electrons. The van der Waals surface area contributed by atoms with Gasteiger partial charge in [-0.3, -0.25) is 4.79 Å². The lowest BCUT2D eigenvalue weighted by Gasteiger charge is -2.31. The lowest BCUT2D eigenvalue weighted by Crippen LogP contribution is -2.48. The first kappa shape index (κ1) is 21.5. The number of methoxy groups -OCH3 is 1. The van der Waals surface area contributed by atoms with E-state index in [1.807, 2.05) is 0 Å². The van der Waals surface area contributed by atoms with E-state index in [-0.39, 0.29) is 13.2 Å². The first-order valence-electron chi connectivity index (χ1n) is 8.37. The molecule has 1 unspecified atom stereocenters. The molecule has 1 N–H and O–H groups in total. The van der Waals surface area contributed by atoms with Gasteiger partial charge in [0.25, 0.3) is 0 Å². The molecule has 7 nitrogen and oxygen atoms in total. The minimum absolute atomic E-state index is 0.0192. The smallest absolute Gasteiger partial charge is 0.425 e. The molecule has 1 aromatic carbocycles. The number of aryl methyl sites for hydroxylation is 1. The van der Waals surface area contributed by atoms with Crippen LogP contribution < -0.4 is 9.47 Å². The Hall–Kier alpha value is -2.75. The fourth-order valence-electron chi connectivity index (χ4n) is 2.58. The van der Waals surface area contributed by atoms with E-state index in [0.717, 1.165) is 15.7 Å². The van der Waals surface area contributed by atoms with E-state index in [1.165, 1.54) is 27.4 Å². The number of ether oxygens (including phenoxy) is 2. The minimum atomic E-state index is -5.07. The summed E-state index contributed by atoms with van der Waals surface area (Å²) in [4.78, 5) is 17.0. The molecule has 1 heterocycles. The molecule has 28 heavy (non-hydrogen) atoms. The van der Waals surface area contributed by atoms with Gasteiger partial charge in [-0.25, -0.2) is 4.98 Å². The maximum Gasteiger partial charge on any atom is 0.425 e. The molecular weight excluding hydrogens is 379 g/mol. The zero-order chi connectivity index (χ0) is 20.9. The van der Waals surface area contributed by atoms with Crippen LogP contribution in [-0.2, 0) is 17.4 Å². The van der Waals surface area contributed by atoms with Gasteiger partial charge in [0.15, 0.2) is 17.3 Å². The van der Waals surface area contributed by atoms with Crippen molar-refractivity contribution in [2.24, 2.45) is 7.05 Å². The second kappa shape index (κ2) is 8.51. The third-order valence-electron chi connectivity index (χ3n) is 4.25.